The quantitative estimate of drug-likeness (QED) is 0.778. The van der Waals surface area contributed by atoms with Crippen molar-refractivity contribution in [2.45, 2.75) is 6.54 Å². The normalized spacial score (nSPS) is 11.1. The third kappa shape index (κ3) is 2.58. The molecule has 0 saturated heterocycles. The summed E-state index contributed by atoms with van der Waals surface area (Å²) >= 11 is 6.78. The minimum atomic E-state index is 0.323. The van der Waals surface area contributed by atoms with Crippen molar-refractivity contribution in [2.75, 3.05) is 17.7 Å². The van der Waals surface area contributed by atoms with Crippen LogP contribution in [0.5, 0.6) is 0 Å². The molecule has 7 heteroatoms. The predicted octanol–water partition coefficient (Wildman–Crippen LogP) is 3.73. The molecule has 98 valence electrons. The van der Waals surface area contributed by atoms with E-state index >= 15 is 0 Å². The number of thiophene rings is 2. The highest BCUT2D eigenvalue weighted by Gasteiger charge is 2.12. The van der Waals surface area contributed by atoms with Crippen LogP contribution in [0.15, 0.2) is 27.4 Å². The first-order valence-corrected chi connectivity index (χ1v) is 8.13. The highest BCUT2D eigenvalue weighted by Crippen LogP contribution is 2.29. The van der Waals surface area contributed by atoms with Gasteiger partial charge in [-0.1, -0.05) is 0 Å². The van der Waals surface area contributed by atoms with Gasteiger partial charge in [0.05, 0.1) is 11.9 Å². The van der Waals surface area contributed by atoms with Crippen LogP contribution in [0.4, 0.5) is 11.8 Å². The monoisotopic (exact) mass is 354 g/mol. The minimum absolute atomic E-state index is 0.323. The van der Waals surface area contributed by atoms with Gasteiger partial charge in [-0.2, -0.15) is 4.98 Å². The largest absolute Gasteiger partial charge is 0.368 e. The molecule has 3 aromatic rings. The highest BCUT2D eigenvalue weighted by molar-refractivity contribution is 9.10. The lowest BCUT2D eigenvalue weighted by molar-refractivity contribution is 0.917. The Labute approximate surface area is 127 Å². The van der Waals surface area contributed by atoms with Crippen LogP contribution in [0.3, 0.4) is 0 Å². The third-order valence-electron chi connectivity index (χ3n) is 2.70. The average molecular weight is 355 g/mol. The number of nitrogens with zero attached hydrogens (tertiary/aromatic N) is 3. The molecule has 3 aromatic heterocycles. The first-order chi connectivity index (χ1) is 9.13. The van der Waals surface area contributed by atoms with Crippen LogP contribution < -0.4 is 10.6 Å². The van der Waals surface area contributed by atoms with E-state index in [1.807, 2.05) is 18.5 Å². The molecule has 0 atom stereocenters. The molecule has 2 N–H and O–H groups in total. The maximum absolute atomic E-state index is 5.77. The number of hydrogen-bond acceptors (Lipinski definition) is 6. The zero-order valence-corrected chi connectivity index (χ0v) is 13.3. The van der Waals surface area contributed by atoms with Crippen LogP contribution in [0.1, 0.15) is 4.88 Å². The van der Waals surface area contributed by atoms with Crippen LogP contribution in [0, 0.1) is 0 Å². The highest BCUT2D eigenvalue weighted by atomic mass is 79.9. The van der Waals surface area contributed by atoms with Crippen LogP contribution >= 0.6 is 38.6 Å². The second kappa shape index (κ2) is 5.07. The van der Waals surface area contributed by atoms with Crippen molar-refractivity contribution in [3.8, 4) is 0 Å². The van der Waals surface area contributed by atoms with Crippen molar-refractivity contribution in [1.82, 2.24) is 9.97 Å². The molecule has 0 aliphatic carbocycles. The number of fused-ring (bicyclic) bond motifs is 1. The minimum Gasteiger partial charge on any atom is -0.368 e. The van der Waals surface area contributed by atoms with Crippen molar-refractivity contribution in [3.05, 3.63) is 32.2 Å². The second-order valence-electron chi connectivity index (χ2n) is 4.13. The molecule has 0 bridgehead atoms. The maximum atomic E-state index is 5.77. The predicted molar refractivity (Wildman–Crippen MR) is 86.0 cm³/mol. The van der Waals surface area contributed by atoms with Gasteiger partial charge in [0.15, 0.2) is 0 Å². The Morgan fingerprint density at radius 1 is 1.37 bits per heavy atom. The molecule has 19 heavy (non-hydrogen) atoms. The average Bonchev–Trinajstić information content (AvgIpc) is 2.96. The molecular formula is C12H11BrN4S2. The van der Waals surface area contributed by atoms with E-state index in [0.717, 1.165) is 27.1 Å². The molecule has 0 aromatic carbocycles. The summed E-state index contributed by atoms with van der Waals surface area (Å²) in [5.74, 6) is 1.21. The van der Waals surface area contributed by atoms with Gasteiger partial charge in [0.1, 0.15) is 10.6 Å². The smallest absolute Gasteiger partial charge is 0.223 e. The fraction of sp³-hybridized carbons (Fsp3) is 0.167. The van der Waals surface area contributed by atoms with Crippen molar-refractivity contribution in [2.24, 2.45) is 0 Å². The van der Waals surface area contributed by atoms with Gasteiger partial charge in [-0.15, -0.1) is 22.7 Å². The zero-order valence-electron chi connectivity index (χ0n) is 10.1. The van der Waals surface area contributed by atoms with E-state index in [1.54, 1.807) is 22.7 Å². The number of nitrogen functional groups attached to an aromatic ring is 1. The Kier molecular flexibility index (Phi) is 3.42. The number of hydrogen-bond donors (Lipinski definition) is 1. The topological polar surface area (TPSA) is 55.0 Å². The molecule has 0 aliphatic heterocycles. The van der Waals surface area contributed by atoms with Crippen molar-refractivity contribution >= 4 is 60.6 Å². The van der Waals surface area contributed by atoms with E-state index in [0.29, 0.717) is 5.95 Å². The Hall–Kier alpha value is -1.18. The van der Waals surface area contributed by atoms with Gasteiger partial charge in [-0.25, -0.2) is 4.98 Å². The standard InChI is InChI=1S/C12H11BrN4S2/c1-17(5-8-4-7(13)6-19-8)10-9-2-3-18-11(9)16-12(14)15-10/h2-4,6H,5H2,1H3,(H2,14,15,16). The molecule has 0 unspecified atom stereocenters. The number of halogens is 1. The summed E-state index contributed by atoms with van der Waals surface area (Å²) in [6, 6.07) is 4.16. The number of anilines is 2. The molecule has 0 spiro atoms. The first-order valence-electron chi connectivity index (χ1n) is 5.58. The molecule has 0 radical (unpaired) electrons. The molecule has 3 rings (SSSR count). The molecule has 0 amide bonds. The number of nitrogens with two attached hydrogens (primary N) is 1. The molecule has 3 heterocycles. The van der Waals surface area contributed by atoms with E-state index < -0.39 is 0 Å². The maximum Gasteiger partial charge on any atom is 0.223 e. The fourth-order valence-corrected chi connectivity index (χ4v) is 4.16. The fourth-order valence-electron chi connectivity index (χ4n) is 1.89. The third-order valence-corrected chi connectivity index (χ3v) is 5.19. The van der Waals surface area contributed by atoms with Gasteiger partial charge in [0.2, 0.25) is 5.95 Å². The molecule has 4 nitrogen and oxygen atoms in total. The SMILES string of the molecule is CN(Cc1cc(Br)cs1)c1nc(N)nc2sccc12. The van der Waals surface area contributed by atoms with Gasteiger partial charge in [0, 0.05) is 21.8 Å². The number of aromatic nitrogens is 2. The van der Waals surface area contributed by atoms with E-state index in [2.05, 4.69) is 42.2 Å². The lowest BCUT2D eigenvalue weighted by atomic mass is 10.3. The number of rotatable bonds is 3. The van der Waals surface area contributed by atoms with E-state index in [4.69, 9.17) is 5.73 Å². The van der Waals surface area contributed by atoms with E-state index in [1.165, 1.54) is 4.88 Å². The van der Waals surface area contributed by atoms with Crippen LogP contribution in [0.25, 0.3) is 10.2 Å². The van der Waals surface area contributed by atoms with Crippen molar-refractivity contribution in [1.29, 1.82) is 0 Å². The zero-order chi connectivity index (χ0) is 13.4. The molecule has 0 aliphatic rings. The second-order valence-corrected chi connectivity index (χ2v) is 6.94. The Morgan fingerprint density at radius 2 is 2.21 bits per heavy atom. The Morgan fingerprint density at radius 3 is 2.95 bits per heavy atom. The summed E-state index contributed by atoms with van der Waals surface area (Å²) in [6.07, 6.45) is 0. The summed E-state index contributed by atoms with van der Waals surface area (Å²) in [6.45, 7) is 0.803. The van der Waals surface area contributed by atoms with Crippen molar-refractivity contribution in [3.63, 3.8) is 0 Å². The Bertz CT molecular complexity index is 721. The van der Waals surface area contributed by atoms with Gasteiger partial charge in [0.25, 0.3) is 0 Å². The van der Waals surface area contributed by atoms with Gasteiger partial charge in [-0.3, -0.25) is 0 Å². The summed E-state index contributed by atoms with van der Waals surface area (Å²) in [4.78, 5) is 12.9. The van der Waals surface area contributed by atoms with Crippen molar-refractivity contribution < 1.29 is 0 Å². The lowest BCUT2D eigenvalue weighted by Crippen LogP contribution is -2.18. The summed E-state index contributed by atoms with van der Waals surface area (Å²) in [5.41, 5.74) is 5.77. The summed E-state index contributed by atoms with van der Waals surface area (Å²) in [5, 5.41) is 5.15. The molecule has 0 fully saturated rings. The molecular weight excluding hydrogens is 344 g/mol. The molecule has 0 saturated carbocycles. The van der Waals surface area contributed by atoms with Crippen LogP contribution in [-0.4, -0.2) is 17.0 Å². The van der Waals surface area contributed by atoms with Gasteiger partial charge < -0.3 is 10.6 Å². The van der Waals surface area contributed by atoms with E-state index in [9.17, 15) is 0 Å². The lowest BCUT2D eigenvalue weighted by Gasteiger charge is -2.18. The van der Waals surface area contributed by atoms with Crippen LogP contribution in [0.2, 0.25) is 0 Å². The first kappa shape index (κ1) is 12.8. The summed E-state index contributed by atoms with van der Waals surface area (Å²) in [7, 11) is 2.02. The van der Waals surface area contributed by atoms with Gasteiger partial charge in [-0.05, 0) is 33.4 Å². The Balaban J connectivity index is 1.96. The van der Waals surface area contributed by atoms with Gasteiger partial charge >= 0.3 is 0 Å². The summed E-state index contributed by atoms with van der Waals surface area (Å²) < 4.78 is 1.11. The van der Waals surface area contributed by atoms with Crippen LogP contribution in [-0.2, 0) is 6.54 Å². The van der Waals surface area contributed by atoms with E-state index in [-0.39, 0.29) is 0 Å².